The number of nitrogens with one attached hydrogen (secondary N) is 1. The highest BCUT2D eigenvalue weighted by Gasteiger charge is 2.35. The van der Waals surface area contributed by atoms with E-state index in [1.807, 2.05) is 6.92 Å². The smallest absolute Gasteiger partial charge is 0.261 e. The molecule has 0 aromatic heterocycles. The zero-order valence-electron chi connectivity index (χ0n) is 17.2. The standard InChI is InChI=1S/C25H20N2O5/c1-2-32-16-13-11-15(12-14-16)26-25(31)21-22(27-19-9-5-6-10-20(19)28)24(30)18-8-4-3-7-17(18)23(21)29/h3-14,28-29H,2H2,1H3,(H,26,31). The molecule has 1 aliphatic carbocycles. The van der Waals surface area contributed by atoms with E-state index in [2.05, 4.69) is 10.3 Å². The second kappa shape index (κ2) is 8.77. The van der Waals surface area contributed by atoms with E-state index in [0.717, 1.165) is 0 Å². The van der Waals surface area contributed by atoms with Gasteiger partial charge in [-0.3, -0.25) is 9.59 Å². The number of hydrogen-bond acceptors (Lipinski definition) is 6. The van der Waals surface area contributed by atoms with Crippen LogP contribution in [-0.4, -0.2) is 34.2 Å². The largest absolute Gasteiger partial charge is 0.506 e. The average Bonchev–Trinajstić information content (AvgIpc) is 2.80. The number of carbonyl (C=O) groups is 2. The Kier molecular flexibility index (Phi) is 5.72. The third kappa shape index (κ3) is 3.96. The number of phenolic OH excluding ortho intramolecular Hbond substituents is 1. The van der Waals surface area contributed by atoms with Crippen molar-refractivity contribution in [3.63, 3.8) is 0 Å². The number of rotatable bonds is 5. The Morgan fingerprint density at radius 2 is 1.59 bits per heavy atom. The molecule has 0 heterocycles. The molecule has 0 unspecified atom stereocenters. The van der Waals surface area contributed by atoms with Gasteiger partial charge >= 0.3 is 0 Å². The maximum Gasteiger partial charge on any atom is 0.261 e. The lowest BCUT2D eigenvalue weighted by Crippen LogP contribution is -2.31. The Hall–Kier alpha value is -4.39. The van der Waals surface area contributed by atoms with Gasteiger partial charge in [-0.2, -0.15) is 0 Å². The van der Waals surface area contributed by atoms with Crippen molar-refractivity contribution < 1.29 is 24.5 Å². The highest BCUT2D eigenvalue weighted by atomic mass is 16.5. The molecule has 7 nitrogen and oxygen atoms in total. The van der Waals surface area contributed by atoms with E-state index >= 15 is 0 Å². The molecule has 32 heavy (non-hydrogen) atoms. The molecule has 0 saturated heterocycles. The summed E-state index contributed by atoms with van der Waals surface area (Å²) in [6.45, 7) is 2.38. The van der Waals surface area contributed by atoms with Gasteiger partial charge in [0.1, 0.15) is 34.2 Å². The minimum Gasteiger partial charge on any atom is -0.506 e. The minimum absolute atomic E-state index is 0.106. The number of aliphatic imine (C=N–C) groups is 1. The first-order valence-corrected chi connectivity index (χ1v) is 9.98. The van der Waals surface area contributed by atoms with Crippen LogP contribution in [0.5, 0.6) is 11.5 Å². The number of aliphatic hydroxyl groups is 1. The van der Waals surface area contributed by atoms with Gasteiger partial charge in [-0.1, -0.05) is 36.4 Å². The number of anilines is 1. The quantitative estimate of drug-likeness (QED) is 0.547. The van der Waals surface area contributed by atoms with Crippen molar-refractivity contribution >= 4 is 34.5 Å². The van der Waals surface area contributed by atoms with Crippen molar-refractivity contribution in [3.05, 3.63) is 89.5 Å². The third-order valence-electron chi connectivity index (χ3n) is 4.88. The molecule has 7 heteroatoms. The number of benzene rings is 3. The summed E-state index contributed by atoms with van der Waals surface area (Å²) in [7, 11) is 0. The van der Waals surface area contributed by atoms with Crippen molar-refractivity contribution in [1.29, 1.82) is 0 Å². The maximum atomic E-state index is 13.2. The molecule has 0 aliphatic heterocycles. The number of ether oxygens (including phenoxy) is 1. The van der Waals surface area contributed by atoms with E-state index in [1.165, 1.54) is 12.1 Å². The van der Waals surface area contributed by atoms with E-state index in [4.69, 9.17) is 4.74 Å². The summed E-state index contributed by atoms with van der Waals surface area (Å²) < 4.78 is 5.40. The van der Waals surface area contributed by atoms with Crippen LogP contribution in [-0.2, 0) is 4.79 Å². The van der Waals surface area contributed by atoms with Crippen LogP contribution >= 0.6 is 0 Å². The first kappa shape index (κ1) is 20.9. The van der Waals surface area contributed by atoms with Crippen LogP contribution in [0.15, 0.2) is 83.4 Å². The lowest BCUT2D eigenvalue weighted by molar-refractivity contribution is -0.112. The zero-order chi connectivity index (χ0) is 22.7. The van der Waals surface area contributed by atoms with Gasteiger partial charge in [-0.25, -0.2) is 4.99 Å². The Balaban J connectivity index is 1.79. The van der Waals surface area contributed by atoms with Gasteiger partial charge in [-0.05, 0) is 43.3 Å². The van der Waals surface area contributed by atoms with Crippen molar-refractivity contribution in [3.8, 4) is 11.5 Å². The number of para-hydroxylation sites is 2. The molecule has 3 aromatic carbocycles. The number of phenols is 1. The number of nitrogens with zero attached hydrogens (tertiary/aromatic N) is 1. The first-order valence-electron chi connectivity index (χ1n) is 9.98. The van der Waals surface area contributed by atoms with E-state index in [-0.39, 0.29) is 39.6 Å². The number of aliphatic hydroxyl groups excluding tert-OH is 1. The lowest BCUT2D eigenvalue weighted by atomic mass is 9.87. The second-order valence-corrected chi connectivity index (χ2v) is 6.96. The monoisotopic (exact) mass is 428 g/mol. The molecular formula is C25H20N2O5. The third-order valence-corrected chi connectivity index (χ3v) is 4.88. The number of Topliss-reactive ketones (excluding diaryl/α,β-unsaturated/α-hetero) is 1. The molecule has 1 aliphatic rings. The topological polar surface area (TPSA) is 108 Å². The summed E-state index contributed by atoms with van der Waals surface area (Å²) in [6.07, 6.45) is 0. The van der Waals surface area contributed by atoms with Crippen LogP contribution in [0.4, 0.5) is 11.4 Å². The van der Waals surface area contributed by atoms with E-state index < -0.39 is 11.7 Å². The normalized spacial score (nSPS) is 14.3. The molecule has 0 spiro atoms. The molecular weight excluding hydrogens is 408 g/mol. The highest BCUT2D eigenvalue weighted by Crippen LogP contribution is 2.33. The van der Waals surface area contributed by atoms with Crippen LogP contribution < -0.4 is 10.1 Å². The second-order valence-electron chi connectivity index (χ2n) is 6.96. The molecule has 3 aromatic rings. The number of carbonyl (C=O) groups excluding carboxylic acids is 2. The van der Waals surface area contributed by atoms with Crippen LogP contribution in [0.3, 0.4) is 0 Å². The summed E-state index contributed by atoms with van der Waals surface area (Å²) >= 11 is 0. The minimum atomic E-state index is -0.705. The molecule has 0 saturated carbocycles. The van der Waals surface area contributed by atoms with Gasteiger partial charge in [0.25, 0.3) is 5.91 Å². The van der Waals surface area contributed by atoms with Gasteiger partial charge in [0.2, 0.25) is 5.78 Å². The van der Waals surface area contributed by atoms with Gasteiger partial charge < -0.3 is 20.3 Å². The number of aromatic hydroxyl groups is 1. The highest BCUT2D eigenvalue weighted by molar-refractivity contribution is 6.60. The van der Waals surface area contributed by atoms with Gasteiger partial charge in [-0.15, -0.1) is 0 Å². The molecule has 4 rings (SSSR count). The summed E-state index contributed by atoms with van der Waals surface area (Å²) in [5.41, 5.74) is 0.487. The molecule has 3 N–H and O–H groups in total. The van der Waals surface area contributed by atoms with Crippen molar-refractivity contribution in [2.45, 2.75) is 6.92 Å². The maximum absolute atomic E-state index is 13.2. The summed E-state index contributed by atoms with van der Waals surface area (Å²) in [4.78, 5) is 30.6. The van der Waals surface area contributed by atoms with E-state index in [0.29, 0.717) is 18.0 Å². The fourth-order valence-corrected chi connectivity index (χ4v) is 3.37. The van der Waals surface area contributed by atoms with E-state index in [9.17, 15) is 19.8 Å². The molecule has 0 radical (unpaired) electrons. The predicted octanol–water partition coefficient (Wildman–Crippen LogP) is 4.67. The molecule has 0 atom stereocenters. The molecule has 0 bridgehead atoms. The Bertz CT molecular complexity index is 1260. The van der Waals surface area contributed by atoms with Crippen LogP contribution in [0, 0.1) is 0 Å². The fourth-order valence-electron chi connectivity index (χ4n) is 3.37. The van der Waals surface area contributed by atoms with E-state index in [1.54, 1.807) is 60.7 Å². The molecule has 160 valence electrons. The number of fused-ring (bicyclic) bond motifs is 1. The predicted molar refractivity (Wildman–Crippen MR) is 122 cm³/mol. The van der Waals surface area contributed by atoms with Crippen molar-refractivity contribution in [1.82, 2.24) is 0 Å². The Morgan fingerprint density at radius 1 is 0.938 bits per heavy atom. The summed E-state index contributed by atoms with van der Waals surface area (Å²) in [6, 6.07) is 19.3. The summed E-state index contributed by atoms with van der Waals surface area (Å²) in [5, 5.41) is 23.7. The van der Waals surface area contributed by atoms with Crippen LogP contribution in [0.2, 0.25) is 0 Å². The Morgan fingerprint density at radius 3 is 2.28 bits per heavy atom. The summed E-state index contributed by atoms with van der Waals surface area (Å²) in [5.74, 6) is -1.10. The SMILES string of the molecule is CCOc1ccc(NC(=O)C2=C(O)c3ccccc3C(=O)C2=Nc2ccccc2O)cc1. The van der Waals surface area contributed by atoms with Crippen molar-refractivity contribution in [2.24, 2.45) is 4.99 Å². The van der Waals surface area contributed by atoms with Crippen LogP contribution in [0.1, 0.15) is 22.8 Å². The average molecular weight is 428 g/mol. The first-order chi connectivity index (χ1) is 15.5. The number of amides is 1. The lowest BCUT2D eigenvalue weighted by Gasteiger charge is -2.20. The molecule has 0 fully saturated rings. The van der Waals surface area contributed by atoms with Crippen LogP contribution in [0.25, 0.3) is 5.76 Å². The Labute approximate surface area is 184 Å². The van der Waals surface area contributed by atoms with Gasteiger partial charge in [0.05, 0.1) is 6.61 Å². The van der Waals surface area contributed by atoms with Gasteiger partial charge in [0, 0.05) is 16.8 Å². The zero-order valence-corrected chi connectivity index (χ0v) is 17.2. The fraction of sp³-hybridized carbons (Fsp3) is 0.0800. The van der Waals surface area contributed by atoms with Crippen molar-refractivity contribution in [2.75, 3.05) is 11.9 Å². The number of hydrogen-bond donors (Lipinski definition) is 3. The molecule has 1 amide bonds. The number of ketones is 1. The van der Waals surface area contributed by atoms with Gasteiger partial charge in [0.15, 0.2) is 0 Å².